The van der Waals surface area contributed by atoms with Crippen LogP contribution in [0.25, 0.3) is 0 Å². The molecule has 0 unspecified atom stereocenters. The van der Waals surface area contributed by atoms with Crippen LogP contribution >= 0.6 is 11.8 Å². The van der Waals surface area contributed by atoms with Crippen molar-refractivity contribution >= 4 is 23.4 Å². The van der Waals surface area contributed by atoms with Crippen molar-refractivity contribution in [3.8, 4) is 0 Å². The van der Waals surface area contributed by atoms with Crippen LogP contribution in [0, 0.1) is 5.82 Å². The van der Waals surface area contributed by atoms with Gasteiger partial charge in [0.05, 0.1) is 17.0 Å². The van der Waals surface area contributed by atoms with Crippen LogP contribution in [0.2, 0.25) is 0 Å². The molecule has 0 aliphatic carbocycles. The fraction of sp³-hybridized carbons (Fsp3) is 0.0833. The number of nitrogen functional groups attached to an aromatic ring is 2. The number of halogens is 1. The van der Waals surface area contributed by atoms with E-state index in [1.54, 1.807) is 12.1 Å². The van der Waals surface area contributed by atoms with Gasteiger partial charge < -0.3 is 10.2 Å². The molecule has 0 saturated heterocycles. The Morgan fingerprint density at radius 3 is 2.89 bits per heavy atom. The summed E-state index contributed by atoms with van der Waals surface area (Å²) in [6.07, 6.45) is 1.32. The Morgan fingerprint density at radius 2 is 2.21 bits per heavy atom. The van der Waals surface area contributed by atoms with E-state index in [1.807, 2.05) is 5.43 Å². The fourth-order valence-corrected chi connectivity index (χ4v) is 2.22. The van der Waals surface area contributed by atoms with Gasteiger partial charge in [-0.25, -0.2) is 10.2 Å². The summed E-state index contributed by atoms with van der Waals surface area (Å²) in [4.78, 5) is 11.9. The first kappa shape index (κ1) is 13.4. The summed E-state index contributed by atoms with van der Waals surface area (Å²) in [6, 6.07) is 6.17. The Hall–Kier alpha value is -1.99. The van der Waals surface area contributed by atoms with E-state index in [-0.39, 0.29) is 5.69 Å². The van der Waals surface area contributed by atoms with Crippen LogP contribution in [0.1, 0.15) is 16.1 Å². The molecule has 1 amide bonds. The van der Waals surface area contributed by atoms with E-state index in [0.717, 1.165) is 4.90 Å². The first-order valence-electron chi connectivity index (χ1n) is 5.36. The molecule has 0 saturated carbocycles. The normalized spacial score (nSPS) is 10.4. The lowest BCUT2D eigenvalue weighted by atomic mass is 10.3. The third-order valence-corrected chi connectivity index (χ3v) is 3.42. The van der Waals surface area contributed by atoms with E-state index < -0.39 is 11.7 Å². The topological polar surface area (TPSA) is 94.3 Å². The molecule has 0 radical (unpaired) electrons. The lowest BCUT2D eigenvalue weighted by molar-refractivity contribution is 0.0953. The summed E-state index contributed by atoms with van der Waals surface area (Å²) in [5.74, 6) is 5.21. The molecule has 1 aromatic carbocycles. The number of nitrogens with one attached hydrogen (secondary N) is 1. The highest BCUT2D eigenvalue weighted by Gasteiger charge is 2.09. The van der Waals surface area contributed by atoms with Crippen molar-refractivity contribution in [1.82, 2.24) is 5.43 Å². The molecule has 2 rings (SSSR count). The zero-order valence-corrected chi connectivity index (χ0v) is 10.7. The minimum absolute atomic E-state index is 0.115. The maximum absolute atomic E-state index is 13.2. The van der Waals surface area contributed by atoms with Gasteiger partial charge in [-0.05, 0) is 24.3 Å². The summed E-state index contributed by atoms with van der Waals surface area (Å²) < 4.78 is 18.4. The predicted octanol–water partition coefficient (Wildman–Crippen LogP) is 1.90. The van der Waals surface area contributed by atoms with Gasteiger partial charge in [-0.3, -0.25) is 10.2 Å². The second-order valence-electron chi connectivity index (χ2n) is 3.75. The molecule has 100 valence electrons. The third kappa shape index (κ3) is 3.27. The number of thioether (sulfide) groups is 1. The van der Waals surface area contributed by atoms with Crippen LogP contribution in [-0.4, -0.2) is 5.91 Å². The van der Waals surface area contributed by atoms with Gasteiger partial charge in [0.2, 0.25) is 0 Å². The van der Waals surface area contributed by atoms with Crippen LogP contribution in [0.4, 0.5) is 10.1 Å². The molecule has 0 spiro atoms. The number of rotatable bonds is 4. The quantitative estimate of drug-likeness (QED) is 0.261. The average molecular weight is 281 g/mol. The average Bonchev–Trinajstić information content (AvgIpc) is 2.88. The Morgan fingerprint density at radius 1 is 1.42 bits per heavy atom. The number of nitrogens with two attached hydrogens (primary N) is 2. The number of carbonyl (C=O) groups is 1. The standard InChI is InChI=1S/C12H12FN3O2S/c13-10-4-9(1-2-11(10)14)19-6-8-3-7(5-18-8)12(17)16-15/h1-5H,6,14-15H2,(H,16,17). The van der Waals surface area contributed by atoms with Gasteiger partial charge >= 0.3 is 0 Å². The van der Waals surface area contributed by atoms with Gasteiger partial charge in [0.1, 0.15) is 17.8 Å². The minimum Gasteiger partial charge on any atom is -0.468 e. The second-order valence-corrected chi connectivity index (χ2v) is 4.80. The smallest absolute Gasteiger partial charge is 0.268 e. The van der Waals surface area contributed by atoms with Gasteiger partial charge in [0.25, 0.3) is 5.91 Å². The molecule has 0 atom stereocenters. The SMILES string of the molecule is NNC(=O)c1coc(CSc2ccc(N)c(F)c2)c1. The van der Waals surface area contributed by atoms with Crippen LogP contribution < -0.4 is 17.0 Å². The molecular weight excluding hydrogens is 269 g/mol. The van der Waals surface area contributed by atoms with Crippen molar-refractivity contribution in [1.29, 1.82) is 0 Å². The molecule has 5 N–H and O–H groups in total. The molecule has 7 heteroatoms. The third-order valence-electron chi connectivity index (χ3n) is 2.40. The summed E-state index contributed by atoms with van der Waals surface area (Å²) in [6.45, 7) is 0. The fourth-order valence-electron chi connectivity index (χ4n) is 1.41. The van der Waals surface area contributed by atoms with E-state index in [9.17, 15) is 9.18 Å². The predicted molar refractivity (Wildman–Crippen MR) is 70.7 cm³/mol. The van der Waals surface area contributed by atoms with Gasteiger partial charge in [0.15, 0.2) is 0 Å². The molecule has 0 fully saturated rings. The molecule has 0 bridgehead atoms. The maximum atomic E-state index is 13.2. The summed E-state index contributed by atoms with van der Waals surface area (Å²) in [7, 11) is 0. The lowest BCUT2D eigenvalue weighted by Crippen LogP contribution is -2.29. The van der Waals surface area contributed by atoms with Gasteiger partial charge in [-0.15, -0.1) is 11.8 Å². The molecule has 1 aromatic heterocycles. The van der Waals surface area contributed by atoms with Crippen molar-refractivity contribution in [3.05, 3.63) is 47.7 Å². The van der Waals surface area contributed by atoms with Crippen molar-refractivity contribution < 1.29 is 13.6 Å². The number of hydrogen-bond donors (Lipinski definition) is 3. The van der Waals surface area contributed by atoms with Crippen molar-refractivity contribution in [2.75, 3.05) is 5.73 Å². The molecule has 0 aliphatic rings. The zero-order valence-electron chi connectivity index (χ0n) is 9.85. The maximum Gasteiger partial charge on any atom is 0.268 e. The Bertz CT molecular complexity index is 600. The highest BCUT2D eigenvalue weighted by Crippen LogP contribution is 2.26. The number of furan rings is 1. The van der Waals surface area contributed by atoms with Gasteiger partial charge in [-0.2, -0.15) is 0 Å². The van der Waals surface area contributed by atoms with Crippen LogP contribution in [0.3, 0.4) is 0 Å². The molecular formula is C12H12FN3O2S. The second kappa shape index (κ2) is 5.77. The number of hydrogen-bond acceptors (Lipinski definition) is 5. The molecule has 19 heavy (non-hydrogen) atoms. The molecule has 5 nitrogen and oxygen atoms in total. The van der Waals surface area contributed by atoms with Crippen molar-refractivity contribution in [2.45, 2.75) is 10.6 Å². The number of anilines is 1. The van der Waals surface area contributed by atoms with Gasteiger partial charge in [-0.1, -0.05) is 0 Å². The monoisotopic (exact) mass is 281 g/mol. The highest BCUT2D eigenvalue weighted by atomic mass is 32.2. The Labute approximate surface area is 113 Å². The summed E-state index contributed by atoms with van der Waals surface area (Å²) >= 11 is 1.38. The van der Waals surface area contributed by atoms with E-state index in [0.29, 0.717) is 17.1 Å². The molecule has 1 heterocycles. The van der Waals surface area contributed by atoms with E-state index in [4.69, 9.17) is 16.0 Å². The Kier molecular flexibility index (Phi) is 4.08. The number of amides is 1. The highest BCUT2D eigenvalue weighted by molar-refractivity contribution is 7.98. The van der Waals surface area contributed by atoms with Crippen LogP contribution in [-0.2, 0) is 5.75 Å². The summed E-state index contributed by atoms with van der Waals surface area (Å²) in [5.41, 5.74) is 7.87. The van der Waals surface area contributed by atoms with Crippen molar-refractivity contribution in [3.63, 3.8) is 0 Å². The van der Waals surface area contributed by atoms with Crippen LogP contribution in [0.5, 0.6) is 0 Å². The van der Waals surface area contributed by atoms with Crippen molar-refractivity contribution in [2.24, 2.45) is 5.84 Å². The first-order valence-corrected chi connectivity index (χ1v) is 6.35. The van der Waals surface area contributed by atoms with E-state index in [2.05, 4.69) is 0 Å². The number of carbonyl (C=O) groups excluding carboxylic acids is 1. The number of hydrazine groups is 1. The largest absolute Gasteiger partial charge is 0.468 e. The van der Waals surface area contributed by atoms with E-state index >= 15 is 0 Å². The minimum atomic E-state index is -0.451. The molecule has 2 aromatic rings. The zero-order chi connectivity index (χ0) is 13.8. The Balaban J connectivity index is 2.00. The summed E-state index contributed by atoms with van der Waals surface area (Å²) in [5, 5.41) is 0. The number of benzene rings is 1. The van der Waals surface area contributed by atoms with E-state index in [1.165, 1.54) is 30.2 Å². The van der Waals surface area contributed by atoms with Crippen LogP contribution in [0.15, 0.2) is 39.8 Å². The lowest BCUT2D eigenvalue weighted by Gasteiger charge is -2.01. The molecule has 0 aliphatic heterocycles. The first-order chi connectivity index (χ1) is 9.10. The van der Waals surface area contributed by atoms with Gasteiger partial charge in [0, 0.05) is 4.90 Å².